The summed E-state index contributed by atoms with van der Waals surface area (Å²) in [6, 6.07) is 8.67. The predicted molar refractivity (Wildman–Crippen MR) is 94.2 cm³/mol. The lowest BCUT2D eigenvalue weighted by Crippen LogP contribution is -2.19. The van der Waals surface area contributed by atoms with Crippen LogP contribution in [0, 0.1) is 18.3 Å². The van der Waals surface area contributed by atoms with Gasteiger partial charge in [-0.25, -0.2) is 0 Å². The summed E-state index contributed by atoms with van der Waals surface area (Å²) in [5.41, 5.74) is 6.95. The number of allylic oxidation sites excluding steroid dienone is 5. The van der Waals surface area contributed by atoms with Gasteiger partial charge in [0, 0.05) is 0 Å². The van der Waals surface area contributed by atoms with Crippen LogP contribution >= 0.6 is 0 Å². The smallest absolute Gasteiger partial charge is 0.0147 e. The standard InChI is InChI=1S/C21H28/c1-7-18-17(4)14-21(5,6)13-15(2)12-20(18)19-11-9-8-10-16(19)3/h7-12,15H,4,13-14H2,1-3,5-6H3/b18-7-,20-12+. The summed E-state index contributed by atoms with van der Waals surface area (Å²) in [5, 5.41) is 0. The van der Waals surface area contributed by atoms with Crippen LogP contribution in [0.1, 0.15) is 51.7 Å². The van der Waals surface area contributed by atoms with E-state index in [-0.39, 0.29) is 0 Å². The van der Waals surface area contributed by atoms with Crippen LogP contribution in [0.5, 0.6) is 0 Å². The molecule has 1 atom stereocenters. The number of aryl methyl sites for hydroxylation is 1. The fourth-order valence-corrected chi connectivity index (χ4v) is 3.71. The van der Waals surface area contributed by atoms with E-state index in [0.717, 1.165) is 6.42 Å². The molecule has 1 aliphatic carbocycles. The van der Waals surface area contributed by atoms with E-state index in [1.54, 1.807) is 0 Å². The first-order valence-corrected chi connectivity index (χ1v) is 7.97. The third-order valence-corrected chi connectivity index (χ3v) is 4.41. The highest BCUT2D eigenvalue weighted by Gasteiger charge is 2.27. The van der Waals surface area contributed by atoms with Gasteiger partial charge in [0.15, 0.2) is 0 Å². The van der Waals surface area contributed by atoms with Crippen LogP contribution < -0.4 is 0 Å². The zero-order valence-corrected chi connectivity index (χ0v) is 14.2. The van der Waals surface area contributed by atoms with E-state index in [1.165, 1.54) is 34.3 Å². The van der Waals surface area contributed by atoms with Crippen molar-refractivity contribution in [3.05, 3.63) is 65.3 Å². The van der Waals surface area contributed by atoms with Gasteiger partial charge in [-0.05, 0) is 65.9 Å². The number of hydrogen-bond donors (Lipinski definition) is 0. The van der Waals surface area contributed by atoms with Crippen molar-refractivity contribution in [3.8, 4) is 0 Å². The van der Waals surface area contributed by atoms with Gasteiger partial charge >= 0.3 is 0 Å². The van der Waals surface area contributed by atoms with Crippen molar-refractivity contribution in [2.75, 3.05) is 0 Å². The Balaban J connectivity index is 2.58. The molecule has 0 N–H and O–H groups in total. The fourth-order valence-electron chi connectivity index (χ4n) is 3.71. The van der Waals surface area contributed by atoms with Gasteiger partial charge in [-0.2, -0.15) is 0 Å². The zero-order chi connectivity index (χ0) is 15.6. The minimum Gasteiger partial charge on any atom is -0.0952 e. The molecule has 0 saturated heterocycles. The Morgan fingerprint density at radius 3 is 2.52 bits per heavy atom. The maximum atomic E-state index is 4.39. The van der Waals surface area contributed by atoms with Gasteiger partial charge < -0.3 is 0 Å². The third kappa shape index (κ3) is 3.56. The van der Waals surface area contributed by atoms with E-state index in [9.17, 15) is 0 Å². The average molecular weight is 280 g/mol. The minimum atomic E-state index is 0.318. The van der Waals surface area contributed by atoms with Gasteiger partial charge in [-0.3, -0.25) is 0 Å². The van der Waals surface area contributed by atoms with Gasteiger partial charge in [0.2, 0.25) is 0 Å². The molecule has 0 fully saturated rings. The maximum absolute atomic E-state index is 4.39. The maximum Gasteiger partial charge on any atom is -0.0147 e. The lowest BCUT2D eigenvalue weighted by molar-refractivity contribution is 0.298. The normalized spacial score (nSPS) is 26.9. The van der Waals surface area contributed by atoms with Crippen molar-refractivity contribution >= 4 is 5.57 Å². The third-order valence-electron chi connectivity index (χ3n) is 4.41. The lowest BCUT2D eigenvalue weighted by Gasteiger charge is -2.32. The van der Waals surface area contributed by atoms with Crippen LogP contribution in [0.2, 0.25) is 0 Å². The number of hydrogen-bond acceptors (Lipinski definition) is 0. The lowest BCUT2D eigenvalue weighted by atomic mass is 9.72. The van der Waals surface area contributed by atoms with Gasteiger partial charge in [-0.15, -0.1) is 0 Å². The highest BCUT2D eigenvalue weighted by atomic mass is 14.3. The first-order chi connectivity index (χ1) is 9.84. The second kappa shape index (κ2) is 6.05. The molecule has 0 aliphatic heterocycles. The first kappa shape index (κ1) is 15.8. The molecule has 0 nitrogen and oxygen atoms in total. The summed E-state index contributed by atoms with van der Waals surface area (Å²) < 4.78 is 0. The van der Waals surface area contributed by atoms with E-state index in [4.69, 9.17) is 0 Å². The zero-order valence-electron chi connectivity index (χ0n) is 14.2. The van der Waals surface area contributed by atoms with Crippen molar-refractivity contribution in [2.24, 2.45) is 11.3 Å². The molecule has 0 aromatic heterocycles. The molecular weight excluding hydrogens is 252 g/mol. The van der Waals surface area contributed by atoms with Crippen LogP contribution in [0.15, 0.2) is 54.1 Å². The molecule has 1 aromatic carbocycles. The molecule has 0 bridgehead atoms. The Kier molecular flexibility index (Phi) is 4.56. The Bertz CT molecular complexity index is 596. The molecule has 1 aliphatic rings. The van der Waals surface area contributed by atoms with E-state index in [0.29, 0.717) is 11.3 Å². The van der Waals surface area contributed by atoms with Crippen LogP contribution in [0.4, 0.5) is 0 Å². The molecule has 0 saturated carbocycles. The second-order valence-corrected chi connectivity index (χ2v) is 7.22. The van der Waals surface area contributed by atoms with Crippen molar-refractivity contribution < 1.29 is 0 Å². The molecule has 1 aromatic rings. The summed E-state index contributed by atoms with van der Waals surface area (Å²) in [4.78, 5) is 0. The molecule has 0 radical (unpaired) electrons. The summed E-state index contributed by atoms with van der Waals surface area (Å²) in [5.74, 6) is 0.581. The largest absolute Gasteiger partial charge is 0.0952 e. The topological polar surface area (TPSA) is 0 Å². The Morgan fingerprint density at radius 1 is 1.24 bits per heavy atom. The van der Waals surface area contributed by atoms with Crippen LogP contribution in [-0.2, 0) is 0 Å². The van der Waals surface area contributed by atoms with Gasteiger partial charge in [-0.1, -0.05) is 63.8 Å². The van der Waals surface area contributed by atoms with Gasteiger partial charge in [0.05, 0.1) is 0 Å². The Hall–Kier alpha value is -1.56. The molecule has 21 heavy (non-hydrogen) atoms. The highest BCUT2D eigenvalue weighted by molar-refractivity contribution is 5.85. The van der Waals surface area contributed by atoms with E-state index >= 15 is 0 Å². The van der Waals surface area contributed by atoms with Crippen molar-refractivity contribution in [3.63, 3.8) is 0 Å². The van der Waals surface area contributed by atoms with E-state index < -0.39 is 0 Å². The Morgan fingerprint density at radius 2 is 1.90 bits per heavy atom. The number of benzene rings is 1. The van der Waals surface area contributed by atoms with E-state index in [1.807, 2.05) is 0 Å². The van der Waals surface area contributed by atoms with Crippen molar-refractivity contribution in [2.45, 2.75) is 47.5 Å². The first-order valence-electron chi connectivity index (χ1n) is 7.97. The summed E-state index contributed by atoms with van der Waals surface area (Å²) in [7, 11) is 0. The van der Waals surface area contributed by atoms with Crippen LogP contribution in [-0.4, -0.2) is 0 Å². The van der Waals surface area contributed by atoms with Crippen molar-refractivity contribution in [1.82, 2.24) is 0 Å². The van der Waals surface area contributed by atoms with Crippen molar-refractivity contribution in [1.29, 1.82) is 0 Å². The highest BCUT2D eigenvalue weighted by Crippen LogP contribution is 2.42. The SMILES string of the molecule is C=C1CC(C)(C)CC(C)/C=C(c2ccccc2C)\C1=C/C. The molecule has 0 amide bonds. The Labute approximate surface area is 130 Å². The quantitative estimate of drug-likeness (QED) is 0.563. The molecular formula is C21H28. The van der Waals surface area contributed by atoms with Gasteiger partial charge in [0.25, 0.3) is 0 Å². The summed E-state index contributed by atoms with van der Waals surface area (Å²) >= 11 is 0. The second-order valence-electron chi connectivity index (χ2n) is 7.22. The molecule has 2 rings (SSSR count). The molecule has 0 spiro atoms. The van der Waals surface area contributed by atoms with Crippen LogP contribution in [0.3, 0.4) is 0 Å². The predicted octanol–water partition coefficient (Wildman–Crippen LogP) is 6.34. The average Bonchev–Trinajstić information content (AvgIpc) is 2.36. The molecule has 0 heterocycles. The summed E-state index contributed by atoms with van der Waals surface area (Å²) in [6.07, 6.45) is 6.96. The monoisotopic (exact) mass is 280 g/mol. The fraction of sp³-hybridized carbons (Fsp3) is 0.429. The van der Waals surface area contributed by atoms with Crippen LogP contribution in [0.25, 0.3) is 5.57 Å². The molecule has 0 heteroatoms. The molecule has 1 unspecified atom stereocenters. The number of rotatable bonds is 1. The minimum absolute atomic E-state index is 0.318. The van der Waals surface area contributed by atoms with Gasteiger partial charge in [0.1, 0.15) is 0 Å². The summed E-state index contributed by atoms with van der Waals surface area (Å²) in [6.45, 7) is 15.8. The van der Waals surface area contributed by atoms with E-state index in [2.05, 4.69) is 77.6 Å². The molecule has 112 valence electrons.